The molecule has 9 heteroatoms. The Morgan fingerprint density at radius 1 is 1.07 bits per heavy atom. The molecule has 0 aromatic heterocycles. The second-order valence-electron chi connectivity index (χ2n) is 7.10. The van der Waals surface area contributed by atoms with Crippen molar-refractivity contribution >= 4 is 64.2 Å². The van der Waals surface area contributed by atoms with E-state index in [9.17, 15) is 14.4 Å². The normalized spacial score (nSPS) is 25.8. The molecule has 148 valence electrons. The van der Waals surface area contributed by atoms with Crippen LogP contribution in [0.2, 0.25) is 10.0 Å². The summed E-state index contributed by atoms with van der Waals surface area (Å²) in [6, 6.07) is 4.89. The van der Waals surface area contributed by atoms with Crippen molar-refractivity contribution in [2.24, 2.45) is 5.92 Å². The molecule has 1 heterocycles. The number of halogens is 4. The van der Waals surface area contributed by atoms with E-state index in [0.717, 1.165) is 17.7 Å². The van der Waals surface area contributed by atoms with Crippen LogP contribution in [0.1, 0.15) is 37.2 Å². The fraction of sp³-hybridized carbons (Fsp3) is 0.421. The molecule has 2 amide bonds. The lowest BCUT2D eigenvalue weighted by molar-refractivity contribution is -0.156. The summed E-state index contributed by atoms with van der Waals surface area (Å²) in [5.41, 5.74) is 1.74. The number of nitrogens with zero attached hydrogens (tertiary/aromatic N) is 1. The van der Waals surface area contributed by atoms with Crippen molar-refractivity contribution in [1.82, 2.24) is 4.90 Å². The largest absolute Gasteiger partial charge is 0.443 e. The minimum atomic E-state index is -1.36. The van der Waals surface area contributed by atoms with E-state index in [1.807, 2.05) is 0 Å². The number of rotatable bonds is 4. The SMILES string of the molecule is O=C(OCN1C(=O)C2=C(CCCC2)C1=O)C1C(c2ccc(Cl)c(Cl)c2)C1(Cl)Cl. The second-order valence-corrected chi connectivity index (χ2v) is 9.36. The zero-order valence-corrected chi connectivity index (χ0v) is 17.5. The smallest absolute Gasteiger partial charge is 0.314 e. The number of carbonyl (C=O) groups excluding carboxylic acids is 3. The summed E-state index contributed by atoms with van der Waals surface area (Å²) in [7, 11) is 0. The summed E-state index contributed by atoms with van der Waals surface area (Å²) in [5.74, 6) is -2.79. The Bertz CT molecular complexity index is 899. The lowest BCUT2D eigenvalue weighted by atomic mass is 9.93. The minimum absolute atomic E-state index is 0.326. The van der Waals surface area contributed by atoms with E-state index in [-0.39, 0.29) is 11.8 Å². The Balaban J connectivity index is 1.42. The molecule has 1 aromatic rings. The van der Waals surface area contributed by atoms with Crippen molar-refractivity contribution in [2.75, 3.05) is 6.73 Å². The van der Waals surface area contributed by atoms with Crippen molar-refractivity contribution < 1.29 is 19.1 Å². The van der Waals surface area contributed by atoms with Crippen LogP contribution in [-0.2, 0) is 19.1 Å². The van der Waals surface area contributed by atoms with Crippen LogP contribution in [0.15, 0.2) is 29.3 Å². The van der Waals surface area contributed by atoms with Crippen LogP contribution >= 0.6 is 46.4 Å². The predicted octanol–water partition coefficient (Wildman–Crippen LogP) is 4.62. The molecule has 3 aliphatic rings. The average molecular weight is 463 g/mol. The van der Waals surface area contributed by atoms with E-state index in [2.05, 4.69) is 0 Å². The Labute approximate surface area is 181 Å². The number of esters is 1. The number of ether oxygens (including phenoxy) is 1. The third kappa shape index (κ3) is 3.22. The molecular formula is C19H15Cl4NO4. The summed E-state index contributed by atoms with van der Waals surface area (Å²) in [5, 5.41) is 0.703. The fourth-order valence-electron chi connectivity index (χ4n) is 3.87. The van der Waals surface area contributed by atoms with Crippen molar-refractivity contribution in [3.8, 4) is 0 Å². The Morgan fingerprint density at radius 3 is 2.25 bits per heavy atom. The van der Waals surface area contributed by atoms with Crippen molar-refractivity contribution in [3.05, 3.63) is 45.0 Å². The fourth-order valence-corrected chi connectivity index (χ4v) is 4.99. The third-order valence-electron chi connectivity index (χ3n) is 5.42. The average Bonchev–Trinajstić information content (AvgIpc) is 3.16. The summed E-state index contributed by atoms with van der Waals surface area (Å²) < 4.78 is 3.87. The van der Waals surface area contributed by atoms with Gasteiger partial charge < -0.3 is 4.74 Å². The maximum absolute atomic E-state index is 12.5. The quantitative estimate of drug-likeness (QED) is 0.372. The Morgan fingerprint density at radius 2 is 1.68 bits per heavy atom. The van der Waals surface area contributed by atoms with Crippen LogP contribution in [0.3, 0.4) is 0 Å². The van der Waals surface area contributed by atoms with Crippen molar-refractivity contribution in [1.29, 1.82) is 0 Å². The number of carbonyl (C=O) groups is 3. The van der Waals surface area contributed by atoms with Gasteiger partial charge in [0.1, 0.15) is 10.3 Å². The number of amides is 2. The molecule has 1 fully saturated rings. The zero-order valence-electron chi connectivity index (χ0n) is 14.5. The molecule has 28 heavy (non-hydrogen) atoms. The summed E-state index contributed by atoms with van der Waals surface area (Å²) >= 11 is 24.5. The lowest BCUT2D eigenvalue weighted by Gasteiger charge is -2.15. The van der Waals surface area contributed by atoms with Crippen molar-refractivity contribution in [3.63, 3.8) is 0 Å². The summed E-state index contributed by atoms with van der Waals surface area (Å²) in [6.45, 7) is -0.446. The molecule has 1 aromatic carbocycles. The molecule has 0 radical (unpaired) electrons. The van der Waals surface area contributed by atoms with Gasteiger partial charge in [0.05, 0.1) is 10.0 Å². The van der Waals surface area contributed by atoms with E-state index < -0.39 is 28.9 Å². The van der Waals surface area contributed by atoms with Gasteiger partial charge in [0.2, 0.25) is 0 Å². The van der Waals surface area contributed by atoms with Gasteiger partial charge in [-0.25, -0.2) is 4.90 Å². The number of alkyl halides is 2. The molecule has 0 saturated heterocycles. The number of imide groups is 1. The third-order valence-corrected chi connectivity index (χ3v) is 7.10. The minimum Gasteiger partial charge on any atom is -0.443 e. The maximum atomic E-state index is 12.5. The number of hydrogen-bond donors (Lipinski definition) is 0. The monoisotopic (exact) mass is 461 g/mol. The van der Waals surface area contributed by atoms with Gasteiger partial charge in [-0.2, -0.15) is 0 Å². The highest BCUT2D eigenvalue weighted by Crippen LogP contribution is 2.65. The summed E-state index contributed by atoms with van der Waals surface area (Å²) in [6.07, 6.45) is 2.91. The van der Waals surface area contributed by atoms with Crippen LogP contribution < -0.4 is 0 Å². The van der Waals surface area contributed by atoms with Crippen LogP contribution in [0.25, 0.3) is 0 Å². The van der Waals surface area contributed by atoms with Gasteiger partial charge in [0, 0.05) is 17.1 Å². The topological polar surface area (TPSA) is 63.7 Å². The first-order chi connectivity index (χ1) is 13.2. The van der Waals surface area contributed by atoms with E-state index in [1.165, 1.54) is 0 Å². The highest BCUT2D eigenvalue weighted by atomic mass is 35.5. The van der Waals surface area contributed by atoms with E-state index in [4.69, 9.17) is 51.1 Å². The van der Waals surface area contributed by atoms with Gasteiger partial charge in [-0.15, -0.1) is 0 Å². The van der Waals surface area contributed by atoms with Gasteiger partial charge in [-0.3, -0.25) is 14.4 Å². The van der Waals surface area contributed by atoms with Crippen LogP contribution in [0, 0.1) is 5.92 Å². The Hall–Kier alpha value is -1.27. The van der Waals surface area contributed by atoms with Gasteiger partial charge in [0.25, 0.3) is 11.8 Å². The first kappa shape index (κ1) is 20.0. The highest BCUT2D eigenvalue weighted by molar-refractivity contribution is 6.53. The van der Waals surface area contributed by atoms with Gasteiger partial charge in [-0.05, 0) is 43.4 Å². The van der Waals surface area contributed by atoms with Crippen LogP contribution in [-0.4, -0.2) is 33.7 Å². The van der Waals surface area contributed by atoms with E-state index >= 15 is 0 Å². The van der Waals surface area contributed by atoms with Crippen LogP contribution in [0.4, 0.5) is 0 Å². The molecule has 1 saturated carbocycles. The maximum Gasteiger partial charge on any atom is 0.314 e. The van der Waals surface area contributed by atoms with Crippen molar-refractivity contribution in [2.45, 2.75) is 35.9 Å². The molecule has 0 spiro atoms. The first-order valence-electron chi connectivity index (χ1n) is 8.81. The Kier molecular flexibility index (Phi) is 5.15. The van der Waals surface area contributed by atoms with E-state index in [0.29, 0.717) is 39.6 Å². The molecule has 2 aliphatic carbocycles. The highest BCUT2D eigenvalue weighted by Gasteiger charge is 2.68. The summed E-state index contributed by atoms with van der Waals surface area (Å²) in [4.78, 5) is 38.3. The first-order valence-corrected chi connectivity index (χ1v) is 10.3. The number of hydrogen-bond acceptors (Lipinski definition) is 4. The zero-order chi connectivity index (χ0) is 20.2. The molecule has 4 rings (SSSR count). The second kappa shape index (κ2) is 7.21. The standard InChI is InChI=1S/C19H15Cl4NO4/c20-12-6-5-9(7-13(12)21)14-15(19(14,22)23)18(27)28-8-24-16(25)10-3-1-2-4-11(10)17(24)26/h5-7,14-15H,1-4,8H2. The van der Waals surface area contributed by atoms with Gasteiger partial charge in [-0.1, -0.05) is 52.5 Å². The lowest BCUT2D eigenvalue weighted by Crippen LogP contribution is -2.35. The van der Waals surface area contributed by atoms with Gasteiger partial charge >= 0.3 is 5.97 Å². The molecule has 5 nitrogen and oxygen atoms in total. The van der Waals surface area contributed by atoms with Gasteiger partial charge in [0.15, 0.2) is 6.73 Å². The molecular weight excluding hydrogens is 448 g/mol. The molecule has 2 atom stereocenters. The molecule has 0 bridgehead atoms. The molecule has 0 N–H and O–H groups in total. The van der Waals surface area contributed by atoms with E-state index in [1.54, 1.807) is 18.2 Å². The predicted molar refractivity (Wildman–Crippen MR) is 105 cm³/mol. The van der Waals surface area contributed by atoms with Crippen LogP contribution in [0.5, 0.6) is 0 Å². The number of benzene rings is 1. The molecule has 2 unspecified atom stereocenters. The molecule has 1 aliphatic heterocycles.